The van der Waals surface area contributed by atoms with Gasteiger partial charge in [-0.2, -0.15) is 0 Å². The maximum absolute atomic E-state index is 10.9. The molecule has 45 heavy (non-hydrogen) atoms. The van der Waals surface area contributed by atoms with Gasteiger partial charge in [-0.1, -0.05) is 38.1 Å². The van der Waals surface area contributed by atoms with Crippen LogP contribution in [0.25, 0.3) is 0 Å². The number of aliphatic hydroxyl groups is 2. The van der Waals surface area contributed by atoms with Gasteiger partial charge in [0.2, 0.25) is 0 Å². The molecule has 2 atom stereocenters. The molecule has 4 rings (SSSR count). The van der Waals surface area contributed by atoms with Crippen LogP contribution in [-0.2, 0) is 5.41 Å². The summed E-state index contributed by atoms with van der Waals surface area (Å²) in [6.45, 7) is 4.25. The summed E-state index contributed by atoms with van der Waals surface area (Å²) in [6.07, 6.45) is -1.76. The van der Waals surface area contributed by atoms with Gasteiger partial charge in [0.15, 0.2) is 0 Å². The molecule has 0 amide bonds. The highest BCUT2D eigenvalue weighted by Gasteiger charge is 2.23. The molecule has 0 aliphatic carbocycles. The van der Waals surface area contributed by atoms with Crippen LogP contribution in [0, 0.1) is 0 Å². The maximum atomic E-state index is 10.9. The summed E-state index contributed by atoms with van der Waals surface area (Å²) in [5.41, 5.74) is 2.10. The molecule has 10 nitrogen and oxygen atoms in total. The van der Waals surface area contributed by atoms with Crippen molar-refractivity contribution < 1.29 is 49.0 Å². The van der Waals surface area contributed by atoms with Gasteiger partial charge in [0.1, 0.15) is 61.6 Å². The first-order valence-electron chi connectivity index (χ1n) is 14.3. The third-order valence-electron chi connectivity index (χ3n) is 7.12. The minimum absolute atomic E-state index is 0.00541. The maximum Gasteiger partial charge on any atom is 0.335 e. The van der Waals surface area contributed by atoms with Crippen molar-refractivity contribution in [3.05, 3.63) is 119 Å². The lowest BCUT2D eigenvalue weighted by atomic mass is 9.78. The lowest BCUT2D eigenvalue weighted by Crippen LogP contribution is -2.25. The number of hydrogen-bond donors (Lipinski definition) is 4. The standard InChI is InChI=1S/C35H36O10/c1-35(2,25-7-15-31(16-8-25)44-21-27(36)19-42-29-11-3-23(4-12-29)33(38)39)26-9-17-32(18-10-26)45-22-28(37)20-43-30-13-5-24(6-14-30)34(40)41/h3-18,27-28,36-37H,19-22H2,1-2H3,(H,38,39)(H,40,41). The number of benzene rings is 4. The van der Waals surface area contributed by atoms with Crippen molar-refractivity contribution in [1.29, 1.82) is 0 Å². The minimum Gasteiger partial charge on any atom is -0.491 e. The molecule has 4 N–H and O–H groups in total. The molecule has 0 saturated carbocycles. The molecule has 0 aliphatic rings. The predicted octanol–water partition coefficient (Wildman–Crippen LogP) is 5.05. The normalized spacial score (nSPS) is 12.5. The summed E-state index contributed by atoms with van der Waals surface area (Å²) in [5, 5.41) is 38.4. The highest BCUT2D eigenvalue weighted by molar-refractivity contribution is 5.88. The quantitative estimate of drug-likeness (QED) is 0.135. The SMILES string of the molecule is CC(C)(c1ccc(OCC(O)COc2ccc(C(=O)O)cc2)cc1)c1ccc(OCC(O)COc2ccc(C(=O)O)cc2)cc1. The second kappa shape index (κ2) is 15.1. The van der Waals surface area contributed by atoms with Gasteiger partial charge in [0, 0.05) is 5.41 Å². The van der Waals surface area contributed by atoms with E-state index in [1.54, 1.807) is 0 Å². The van der Waals surface area contributed by atoms with Crippen LogP contribution in [0.4, 0.5) is 0 Å². The molecular formula is C35H36O10. The molecule has 0 aliphatic heterocycles. The van der Waals surface area contributed by atoms with Gasteiger partial charge in [-0.15, -0.1) is 0 Å². The van der Waals surface area contributed by atoms with E-state index in [2.05, 4.69) is 13.8 Å². The zero-order valence-corrected chi connectivity index (χ0v) is 25.0. The van der Waals surface area contributed by atoms with E-state index in [1.165, 1.54) is 48.5 Å². The van der Waals surface area contributed by atoms with E-state index in [1.807, 2.05) is 48.5 Å². The Morgan fingerprint density at radius 1 is 0.511 bits per heavy atom. The van der Waals surface area contributed by atoms with Crippen molar-refractivity contribution >= 4 is 11.9 Å². The smallest absolute Gasteiger partial charge is 0.335 e. The summed E-state index contributed by atoms with van der Waals surface area (Å²) in [7, 11) is 0. The van der Waals surface area contributed by atoms with Gasteiger partial charge in [0.05, 0.1) is 11.1 Å². The number of ether oxygens (including phenoxy) is 4. The fourth-order valence-corrected chi connectivity index (χ4v) is 4.36. The Labute approximate surface area is 261 Å². The van der Waals surface area contributed by atoms with E-state index >= 15 is 0 Å². The van der Waals surface area contributed by atoms with Crippen LogP contribution in [0.3, 0.4) is 0 Å². The van der Waals surface area contributed by atoms with E-state index in [0.717, 1.165) is 11.1 Å². The summed E-state index contributed by atoms with van der Waals surface area (Å²) >= 11 is 0. The first-order chi connectivity index (χ1) is 21.5. The number of rotatable bonds is 16. The fourth-order valence-electron chi connectivity index (χ4n) is 4.36. The first-order valence-corrected chi connectivity index (χ1v) is 14.3. The monoisotopic (exact) mass is 616 g/mol. The molecule has 0 bridgehead atoms. The minimum atomic E-state index is -1.02. The van der Waals surface area contributed by atoms with Crippen LogP contribution < -0.4 is 18.9 Å². The van der Waals surface area contributed by atoms with Crippen molar-refractivity contribution in [2.45, 2.75) is 31.5 Å². The Morgan fingerprint density at radius 3 is 1.00 bits per heavy atom. The van der Waals surface area contributed by atoms with Crippen LogP contribution in [0.2, 0.25) is 0 Å². The number of carboxylic acid groups (broad SMARTS) is 2. The van der Waals surface area contributed by atoms with Gasteiger partial charge in [-0.3, -0.25) is 0 Å². The van der Waals surface area contributed by atoms with Crippen LogP contribution in [0.1, 0.15) is 45.7 Å². The molecule has 10 heteroatoms. The molecule has 2 unspecified atom stereocenters. The number of hydrogen-bond acceptors (Lipinski definition) is 8. The van der Waals surface area contributed by atoms with E-state index in [-0.39, 0.29) is 43.0 Å². The Kier molecular flexibility index (Phi) is 11.0. The highest BCUT2D eigenvalue weighted by Crippen LogP contribution is 2.33. The van der Waals surface area contributed by atoms with Crippen molar-refractivity contribution in [3.8, 4) is 23.0 Å². The van der Waals surface area contributed by atoms with Gasteiger partial charge in [-0.25, -0.2) is 9.59 Å². The second-order valence-electron chi connectivity index (χ2n) is 10.9. The zero-order chi connectivity index (χ0) is 32.4. The highest BCUT2D eigenvalue weighted by atomic mass is 16.5. The second-order valence-corrected chi connectivity index (χ2v) is 10.9. The summed E-state index contributed by atoms with van der Waals surface area (Å²) < 4.78 is 22.5. The van der Waals surface area contributed by atoms with E-state index in [0.29, 0.717) is 23.0 Å². The van der Waals surface area contributed by atoms with Crippen LogP contribution in [0.5, 0.6) is 23.0 Å². The van der Waals surface area contributed by atoms with Crippen molar-refractivity contribution in [3.63, 3.8) is 0 Å². The molecule has 4 aromatic rings. The fraction of sp³-hybridized carbons (Fsp3) is 0.257. The summed E-state index contributed by atoms with van der Waals surface area (Å²) in [4.78, 5) is 21.9. The molecule has 4 aromatic carbocycles. The molecule has 0 radical (unpaired) electrons. The Hall–Kier alpha value is -5.06. The van der Waals surface area contributed by atoms with Gasteiger partial charge in [-0.05, 0) is 83.9 Å². The van der Waals surface area contributed by atoms with Crippen molar-refractivity contribution in [2.75, 3.05) is 26.4 Å². The molecule has 236 valence electrons. The van der Waals surface area contributed by atoms with Gasteiger partial charge < -0.3 is 39.4 Å². The number of aliphatic hydroxyl groups excluding tert-OH is 2. The first kappa shape index (κ1) is 32.8. The molecule has 0 aromatic heterocycles. The van der Waals surface area contributed by atoms with E-state index in [9.17, 15) is 19.8 Å². The van der Waals surface area contributed by atoms with Gasteiger partial charge >= 0.3 is 11.9 Å². The van der Waals surface area contributed by atoms with Gasteiger partial charge in [0.25, 0.3) is 0 Å². The number of aromatic carboxylic acids is 2. The Bertz CT molecular complexity index is 1410. The number of carbonyl (C=O) groups is 2. The van der Waals surface area contributed by atoms with Crippen LogP contribution >= 0.6 is 0 Å². The largest absolute Gasteiger partial charge is 0.491 e. The topological polar surface area (TPSA) is 152 Å². The summed E-state index contributed by atoms with van der Waals surface area (Å²) in [6, 6.07) is 27.1. The van der Waals surface area contributed by atoms with Crippen molar-refractivity contribution in [2.24, 2.45) is 0 Å². The lowest BCUT2D eigenvalue weighted by molar-refractivity contribution is 0.0625. The Morgan fingerprint density at radius 2 is 0.756 bits per heavy atom. The van der Waals surface area contributed by atoms with Crippen LogP contribution in [-0.4, -0.2) is 71.0 Å². The molecule has 0 fully saturated rings. The Balaban J connectivity index is 1.21. The average Bonchev–Trinajstić information content (AvgIpc) is 3.05. The van der Waals surface area contributed by atoms with E-state index < -0.39 is 24.1 Å². The molecular weight excluding hydrogens is 580 g/mol. The third kappa shape index (κ3) is 9.46. The average molecular weight is 617 g/mol. The van der Waals surface area contributed by atoms with Crippen molar-refractivity contribution in [1.82, 2.24) is 0 Å². The third-order valence-corrected chi connectivity index (χ3v) is 7.12. The summed E-state index contributed by atoms with van der Waals surface area (Å²) in [5.74, 6) is 0.0725. The molecule has 0 saturated heterocycles. The lowest BCUT2D eigenvalue weighted by Gasteiger charge is -2.26. The number of carboxylic acids is 2. The molecule has 0 spiro atoms. The van der Waals surface area contributed by atoms with Crippen LogP contribution in [0.15, 0.2) is 97.1 Å². The zero-order valence-electron chi connectivity index (χ0n) is 25.0. The molecule has 0 heterocycles. The predicted molar refractivity (Wildman–Crippen MR) is 166 cm³/mol. The van der Waals surface area contributed by atoms with E-state index in [4.69, 9.17) is 29.2 Å².